The van der Waals surface area contributed by atoms with Crippen molar-refractivity contribution in [1.82, 2.24) is 0 Å². The Morgan fingerprint density at radius 2 is 2.00 bits per heavy atom. The van der Waals surface area contributed by atoms with Gasteiger partial charge in [-0.05, 0) is 38.1 Å². The average Bonchev–Trinajstić information content (AvgIpc) is 2.14. The monoisotopic (exact) mass is 160 g/mol. The van der Waals surface area contributed by atoms with Gasteiger partial charge in [-0.3, -0.25) is 0 Å². The van der Waals surface area contributed by atoms with E-state index < -0.39 is 0 Å². The van der Waals surface area contributed by atoms with Crippen LogP contribution in [0.3, 0.4) is 0 Å². The zero-order valence-electron chi connectivity index (χ0n) is 6.55. The lowest BCUT2D eigenvalue weighted by molar-refractivity contribution is 0.223. The molecule has 0 aromatic rings. The lowest BCUT2D eigenvalue weighted by Crippen LogP contribution is -2.05. The van der Waals surface area contributed by atoms with Crippen LogP contribution in [0.5, 0.6) is 0 Å². The predicted octanol–water partition coefficient (Wildman–Crippen LogP) is 2.82. The second kappa shape index (κ2) is 4.24. The number of hydrogen-bond acceptors (Lipinski definition) is 2. The fourth-order valence-corrected chi connectivity index (χ4v) is 1.77. The van der Waals surface area contributed by atoms with Crippen LogP contribution in [0, 0.1) is 5.92 Å². The van der Waals surface area contributed by atoms with Gasteiger partial charge in [-0.1, -0.05) is 19.8 Å². The van der Waals surface area contributed by atoms with Gasteiger partial charge in [0, 0.05) is 0 Å². The zero-order valence-corrected chi connectivity index (χ0v) is 7.44. The van der Waals surface area contributed by atoms with E-state index in [-0.39, 0.29) is 0 Å². The van der Waals surface area contributed by atoms with E-state index in [1.165, 1.54) is 32.1 Å². The first-order valence-corrected chi connectivity index (χ1v) is 4.49. The van der Waals surface area contributed by atoms with Gasteiger partial charge in [0.25, 0.3) is 0 Å². The maximum Gasteiger partial charge on any atom is 0.0719 e. The molecule has 60 valence electrons. The Hall–Kier alpha value is 0.310. The third kappa shape index (κ3) is 2.51. The molecule has 1 nitrogen and oxygen atoms in total. The lowest BCUT2D eigenvalue weighted by atomic mass is 10.0. The Kier molecular flexibility index (Phi) is 3.57. The van der Waals surface area contributed by atoms with E-state index in [4.69, 9.17) is 4.18 Å². The molecule has 10 heavy (non-hydrogen) atoms. The molecule has 0 radical (unpaired) electrons. The molecule has 1 aliphatic rings. The van der Waals surface area contributed by atoms with E-state index >= 15 is 0 Å². The van der Waals surface area contributed by atoms with E-state index in [1.54, 1.807) is 0 Å². The number of rotatable bonds is 1. The molecule has 0 N–H and O–H groups in total. The molecule has 2 unspecified atom stereocenters. The molecule has 0 aliphatic heterocycles. The Balaban J connectivity index is 2.26. The van der Waals surface area contributed by atoms with Crippen molar-refractivity contribution in [3.8, 4) is 0 Å². The zero-order chi connectivity index (χ0) is 7.40. The normalized spacial score (nSPS) is 35.4. The molecule has 1 saturated carbocycles. The highest BCUT2D eigenvalue weighted by Crippen LogP contribution is 2.24. The summed E-state index contributed by atoms with van der Waals surface area (Å²) in [6.45, 7) is 2.32. The standard InChI is InChI=1S/C8H16OS/c1-7-3-2-4-8(9-10)6-5-7/h7-8,10H,2-6H2,1H3. The van der Waals surface area contributed by atoms with Crippen molar-refractivity contribution in [2.75, 3.05) is 0 Å². The van der Waals surface area contributed by atoms with Crippen molar-refractivity contribution in [2.24, 2.45) is 5.92 Å². The molecule has 2 atom stereocenters. The van der Waals surface area contributed by atoms with Gasteiger partial charge in [-0.25, -0.2) is 0 Å². The maximum atomic E-state index is 5.01. The SMILES string of the molecule is CC1CCCC(OS)CC1. The summed E-state index contributed by atoms with van der Waals surface area (Å²) in [6.07, 6.45) is 6.82. The molecule has 1 rings (SSSR count). The van der Waals surface area contributed by atoms with Crippen molar-refractivity contribution < 1.29 is 4.18 Å². The van der Waals surface area contributed by atoms with Crippen molar-refractivity contribution in [3.05, 3.63) is 0 Å². The second-order valence-electron chi connectivity index (χ2n) is 3.34. The molecular weight excluding hydrogens is 144 g/mol. The lowest BCUT2D eigenvalue weighted by Gasteiger charge is -2.09. The van der Waals surface area contributed by atoms with E-state index in [1.807, 2.05) is 0 Å². The van der Waals surface area contributed by atoms with Gasteiger partial charge in [0.2, 0.25) is 0 Å². The van der Waals surface area contributed by atoms with Crippen LogP contribution in [0.1, 0.15) is 39.0 Å². The van der Waals surface area contributed by atoms with Crippen LogP contribution < -0.4 is 0 Å². The van der Waals surface area contributed by atoms with Gasteiger partial charge < -0.3 is 4.18 Å². The molecule has 1 fully saturated rings. The molecule has 0 aromatic carbocycles. The van der Waals surface area contributed by atoms with Crippen LogP contribution in [-0.4, -0.2) is 6.10 Å². The summed E-state index contributed by atoms with van der Waals surface area (Å²) >= 11 is 3.84. The summed E-state index contributed by atoms with van der Waals surface area (Å²) in [7, 11) is 0. The number of hydrogen-bond donors (Lipinski definition) is 1. The minimum absolute atomic E-state index is 0.424. The Bertz CT molecular complexity index is 95.3. The predicted molar refractivity (Wildman–Crippen MR) is 46.1 cm³/mol. The summed E-state index contributed by atoms with van der Waals surface area (Å²) in [6, 6.07) is 0. The van der Waals surface area contributed by atoms with Crippen LogP contribution in [0.15, 0.2) is 0 Å². The number of thiol groups is 1. The summed E-state index contributed by atoms with van der Waals surface area (Å²) in [4.78, 5) is 0. The molecule has 0 heterocycles. The summed E-state index contributed by atoms with van der Waals surface area (Å²) in [5.41, 5.74) is 0. The molecule has 1 aliphatic carbocycles. The summed E-state index contributed by atoms with van der Waals surface area (Å²) in [5, 5.41) is 0. The molecule has 2 heteroatoms. The largest absolute Gasteiger partial charge is 0.315 e. The van der Waals surface area contributed by atoms with Crippen LogP contribution >= 0.6 is 12.9 Å². The van der Waals surface area contributed by atoms with Gasteiger partial charge in [-0.15, -0.1) is 0 Å². The van der Waals surface area contributed by atoms with Gasteiger partial charge in [0.15, 0.2) is 0 Å². The van der Waals surface area contributed by atoms with Crippen LogP contribution in [-0.2, 0) is 4.18 Å². The first-order chi connectivity index (χ1) is 4.83. The highest BCUT2D eigenvalue weighted by Gasteiger charge is 2.15. The molecule has 0 saturated heterocycles. The van der Waals surface area contributed by atoms with Crippen molar-refractivity contribution >= 4 is 12.9 Å². The van der Waals surface area contributed by atoms with Gasteiger partial charge >= 0.3 is 0 Å². The third-order valence-corrected chi connectivity index (χ3v) is 2.65. The molecule has 0 amide bonds. The molecule has 0 aromatic heterocycles. The molecule has 0 bridgehead atoms. The Morgan fingerprint density at radius 1 is 1.20 bits per heavy atom. The summed E-state index contributed by atoms with van der Waals surface area (Å²) < 4.78 is 5.01. The minimum atomic E-state index is 0.424. The quantitative estimate of drug-likeness (QED) is 0.352. The topological polar surface area (TPSA) is 9.23 Å². The van der Waals surface area contributed by atoms with E-state index in [0.717, 1.165) is 5.92 Å². The molecular formula is C8H16OS. The smallest absolute Gasteiger partial charge is 0.0719 e. The van der Waals surface area contributed by atoms with Gasteiger partial charge in [0.1, 0.15) is 0 Å². The van der Waals surface area contributed by atoms with Gasteiger partial charge in [0.05, 0.1) is 6.10 Å². The maximum absolute atomic E-state index is 5.01. The van der Waals surface area contributed by atoms with E-state index in [0.29, 0.717) is 6.10 Å². The highest BCUT2D eigenvalue weighted by atomic mass is 32.1. The fourth-order valence-electron chi connectivity index (χ4n) is 1.56. The highest BCUT2D eigenvalue weighted by molar-refractivity contribution is 7.75. The first kappa shape index (κ1) is 8.41. The van der Waals surface area contributed by atoms with E-state index in [2.05, 4.69) is 19.8 Å². The molecule has 0 spiro atoms. The van der Waals surface area contributed by atoms with Gasteiger partial charge in [-0.2, -0.15) is 0 Å². The Labute approximate surface area is 68.8 Å². The second-order valence-corrected chi connectivity index (χ2v) is 3.55. The van der Waals surface area contributed by atoms with Crippen LogP contribution in [0.2, 0.25) is 0 Å². The van der Waals surface area contributed by atoms with E-state index in [9.17, 15) is 0 Å². The van der Waals surface area contributed by atoms with Crippen molar-refractivity contribution in [2.45, 2.75) is 45.1 Å². The first-order valence-electron chi connectivity index (χ1n) is 4.13. The van der Waals surface area contributed by atoms with Crippen molar-refractivity contribution in [3.63, 3.8) is 0 Å². The summed E-state index contributed by atoms with van der Waals surface area (Å²) in [5.74, 6) is 0.897. The van der Waals surface area contributed by atoms with Crippen molar-refractivity contribution in [1.29, 1.82) is 0 Å². The van der Waals surface area contributed by atoms with Crippen LogP contribution in [0.25, 0.3) is 0 Å². The fraction of sp³-hybridized carbons (Fsp3) is 1.00. The average molecular weight is 160 g/mol. The third-order valence-electron chi connectivity index (χ3n) is 2.35. The van der Waals surface area contributed by atoms with Crippen LogP contribution in [0.4, 0.5) is 0 Å². The Morgan fingerprint density at radius 3 is 2.70 bits per heavy atom. The minimum Gasteiger partial charge on any atom is -0.315 e.